The van der Waals surface area contributed by atoms with E-state index >= 15 is 0 Å². The third-order valence-corrected chi connectivity index (χ3v) is 7.24. The van der Waals surface area contributed by atoms with E-state index in [4.69, 9.17) is 4.42 Å². The molecule has 1 aromatic rings. The maximum atomic E-state index is 12.9. The quantitative estimate of drug-likeness (QED) is 0.851. The smallest absolute Gasteiger partial charge is 0.215 e. The average Bonchev–Trinajstić information content (AvgIpc) is 3.09. The highest BCUT2D eigenvalue weighted by molar-refractivity contribution is 7.89. The SMILES string of the molecule is CC1(CS(=O)(=O)N2CCCC2c2ccco2)CCCCC1. The Morgan fingerprint density at radius 2 is 2.05 bits per heavy atom. The summed E-state index contributed by atoms with van der Waals surface area (Å²) >= 11 is 0. The lowest BCUT2D eigenvalue weighted by atomic mass is 9.77. The Kier molecular flexibility index (Phi) is 4.14. The van der Waals surface area contributed by atoms with Crippen LogP contribution in [0.5, 0.6) is 0 Å². The summed E-state index contributed by atoms with van der Waals surface area (Å²) in [5.41, 5.74) is -0.0482. The molecule has 1 saturated heterocycles. The molecule has 0 aromatic carbocycles. The molecule has 2 fully saturated rings. The Balaban J connectivity index is 1.77. The first kappa shape index (κ1) is 15.1. The largest absolute Gasteiger partial charge is 0.468 e. The van der Waals surface area contributed by atoms with Crippen molar-refractivity contribution in [2.45, 2.75) is 57.9 Å². The van der Waals surface area contributed by atoms with Crippen LogP contribution >= 0.6 is 0 Å². The van der Waals surface area contributed by atoms with Gasteiger partial charge in [-0.25, -0.2) is 8.42 Å². The molecule has 1 saturated carbocycles. The van der Waals surface area contributed by atoms with Gasteiger partial charge in [0.2, 0.25) is 10.0 Å². The number of rotatable bonds is 4. The second-order valence-corrected chi connectivity index (χ2v) is 8.83. The molecule has 2 aliphatic rings. The molecule has 1 atom stereocenters. The normalized spacial score (nSPS) is 27.0. The lowest BCUT2D eigenvalue weighted by Crippen LogP contribution is -2.39. The van der Waals surface area contributed by atoms with Gasteiger partial charge in [0, 0.05) is 6.54 Å². The Hall–Kier alpha value is -0.810. The van der Waals surface area contributed by atoms with Crippen LogP contribution in [0.3, 0.4) is 0 Å². The van der Waals surface area contributed by atoms with Crippen molar-refractivity contribution in [3.05, 3.63) is 24.2 Å². The Morgan fingerprint density at radius 3 is 2.71 bits per heavy atom. The van der Waals surface area contributed by atoms with E-state index < -0.39 is 10.0 Å². The van der Waals surface area contributed by atoms with Gasteiger partial charge in [0.1, 0.15) is 5.76 Å². The minimum absolute atomic E-state index is 0.0482. The predicted octanol–water partition coefficient (Wildman–Crippen LogP) is 3.72. The van der Waals surface area contributed by atoms with Crippen LogP contribution in [0.1, 0.15) is 63.7 Å². The molecule has 0 amide bonds. The van der Waals surface area contributed by atoms with E-state index in [9.17, 15) is 8.42 Å². The van der Waals surface area contributed by atoms with Crippen molar-refractivity contribution in [2.75, 3.05) is 12.3 Å². The average molecular weight is 311 g/mol. The minimum atomic E-state index is -3.22. The van der Waals surface area contributed by atoms with Crippen molar-refractivity contribution < 1.29 is 12.8 Å². The van der Waals surface area contributed by atoms with Crippen molar-refractivity contribution >= 4 is 10.0 Å². The van der Waals surface area contributed by atoms with E-state index in [1.54, 1.807) is 10.6 Å². The second kappa shape index (κ2) is 5.76. The van der Waals surface area contributed by atoms with Gasteiger partial charge in [0.05, 0.1) is 18.1 Å². The number of hydrogen-bond acceptors (Lipinski definition) is 3. The molecule has 1 aliphatic carbocycles. The van der Waals surface area contributed by atoms with Gasteiger partial charge >= 0.3 is 0 Å². The number of furan rings is 1. The van der Waals surface area contributed by atoms with Crippen LogP contribution in [-0.4, -0.2) is 25.0 Å². The van der Waals surface area contributed by atoms with Crippen LogP contribution in [0.4, 0.5) is 0 Å². The second-order valence-electron chi connectivity index (χ2n) is 6.91. The highest BCUT2D eigenvalue weighted by Crippen LogP contribution is 2.40. The molecule has 118 valence electrons. The Labute approximate surface area is 127 Å². The van der Waals surface area contributed by atoms with Gasteiger partial charge in [-0.2, -0.15) is 4.31 Å². The maximum Gasteiger partial charge on any atom is 0.215 e. The fraction of sp³-hybridized carbons (Fsp3) is 0.750. The van der Waals surface area contributed by atoms with Crippen LogP contribution in [0.25, 0.3) is 0 Å². The number of nitrogens with zero attached hydrogens (tertiary/aromatic N) is 1. The van der Waals surface area contributed by atoms with Crippen LogP contribution in [0.15, 0.2) is 22.8 Å². The van der Waals surface area contributed by atoms with Crippen LogP contribution in [0, 0.1) is 5.41 Å². The molecule has 1 aliphatic heterocycles. The summed E-state index contributed by atoms with van der Waals surface area (Å²) in [6, 6.07) is 3.62. The van der Waals surface area contributed by atoms with E-state index in [-0.39, 0.29) is 17.2 Å². The molecule has 4 nitrogen and oxygen atoms in total. The van der Waals surface area contributed by atoms with Crippen LogP contribution < -0.4 is 0 Å². The lowest BCUT2D eigenvalue weighted by Gasteiger charge is -2.35. The van der Waals surface area contributed by atoms with Gasteiger partial charge in [0.25, 0.3) is 0 Å². The van der Waals surface area contributed by atoms with Gasteiger partial charge in [-0.15, -0.1) is 0 Å². The highest BCUT2D eigenvalue weighted by Gasteiger charge is 2.41. The van der Waals surface area contributed by atoms with Gasteiger partial charge in [0.15, 0.2) is 0 Å². The number of sulfonamides is 1. The highest BCUT2D eigenvalue weighted by atomic mass is 32.2. The summed E-state index contributed by atoms with van der Waals surface area (Å²) in [4.78, 5) is 0. The molecule has 0 bridgehead atoms. The molecule has 0 radical (unpaired) electrons. The summed E-state index contributed by atoms with van der Waals surface area (Å²) in [5, 5.41) is 0. The maximum absolute atomic E-state index is 12.9. The van der Waals surface area contributed by atoms with Crippen molar-refractivity contribution in [1.82, 2.24) is 4.31 Å². The molecule has 1 unspecified atom stereocenters. The van der Waals surface area contributed by atoms with Crippen molar-refractivity contribution in [3.8, 4) is 0 Å². The van der Waals surface area contributed by atoms with E-state index in [0.717, 1.165) is 44.3 Å². The molecule has 21 heavy (non-hydrogen) atoms. The topological polar surface area (TPSA) is 50.5 Å². The lowest BCUT2D eigenvalue weighted by molar-refractivity contribution is 0.240. The zero-order chi connectivity index (χ0) is 14.9. The zero-order valence-corrected chi connectivity index (χ0v) is 13.6. The summed E-state index contributed by atoms with van der Waals surface area (Å²) < 4.78 is 32.9. The fourth-order valence-corrected chi connectivity index (χ4v) is 6.25. The minimum Gasteiger partial charge on any atom is -0.468 e. The predicted molar refractivity (Wildman–Crippen MR) is 82.4 cm³/mol. The van der Waals surface area contributed by atoms with E-state index in [2.05, 4.69) is 6.92 Å². The van der Waals surface area contributed by atoms with Gasteiger partial charge < -0.3 is 4.42 Å². The number of hydrogen-bond donors (Lipinski definition) is 0. The van der Waals surface area contributed by atoms with E-state index in [1.165, 1.54) is 6.42 Å². The monoisotopic (exact) mass is 311 g/mol. The molecule has 1 aromatic heterocycles. The molecular formula is C16H25NO3S. The standard InChI is InChI=1S/C16H25NO3S/c1-16(9-3-2-4-10-16)13-21(18,19)17-11-5-7-14(17)15-8-6-12-20-15/h6,8,12,14H,2-5,7,9-11,13H2,1H3. The summed E-state index contributed by atoms with van der Waals surface area (Å²) in [6.45, 7) is 2.77. The Morgan fingerprint density at radius 1 is 1.29 bits per heavy atom. The molecule has 2 heterocycles. The zero-order valence-electron chi connectivity index (χ0n) is 12.8. The van der Waals surface area contributed by atoms with Crippen molar-refractivity contribution in [3.63, 3.8) is 0 Å². The van der Waals surface area contributed by atoms with Crippen molar-refractivity contribution in [2.24, 2.45) is 5.41 Å². The Bertz CT molecular complexity index is 558. The van der Waals surface area contributed by atoms with Crippen LogP contribution in [-0.2, 0) is 10.0 Å². The summed E-state index contributed by atoms with van der Waals surface area (Å²) in [6.07, 6.45) is 9.04. The molecule has 0 N–H and O–H groups in total. The summed E-state index contributed by atoms with van der Waals surface area (Å²) in [7, 11) is -3.22. The third kappa shape index (κ3) is 3.19. The molecule has 3 rings (SSSR count). The first-order chi connectivity index (χ1) is 10.0. The van der Waals surface area contributed by atoms with E-state index in [1.807, 2.05) is 12.1 Å². The third-order valence-electron chi connectivity index (χ3n) is 5.02. The van der Waals surface area contributed by atoms with Gasteiger partial charge in [-0.05, 0) is 43.2 Å². The van der Waals surface area contributed by atoms with Crippen molar-refractivity contribution in [1.29, 1.82) is 0 Å². The van der Waals surface area contributed by atoms with Gasteiger partial charge in [-0.3, -0.25) is 0 Å². The molecule has 0 spiro atoms. The molecule has 5 heteroatoms. The first-order valence-corrected chi connectivity index (χ1v) is 9.64. The first-order valence-electron chi connectivity index (χ1n) is 8.03. The molecular weight excluding hydrogens is 286 g/mol. The van der Waals surface area contributed by atoms with E-state index in [0.29, 0.717) is 6.54 Å². The van der Waals surface area contributed by atoms with Crippen LogP contribution in [0.2, 0.25) is 0 Å². The summed E-state index contributed by atoms with van der Waals surface area (Å²) in [5.74, 6) is 1.07. The van der Waals surface area contributed by atoms with Gasteiger partial charge in [-0.1, -0.05) is 26.2 Å². The fourth-order valence-electron chi connectivity index (χ4n) is 3.91.